The highest BCUT2D eigenvalue weighted by Crippen LogP contribution is 2.27. The summed E-state index contributed by atoms with van der Waals surface area (Å²) in [6.07, 6.45) is 1.89. The molecule has 2 N–H and O–H groups in total. The molecule has 1 aromatic heterocycles. The molecule has 84 valence electrons. The molecule has 1 heterocycles. The SMILES string of the molecule is CCOc1cccc(-n2ccc(C)n2)c1N. The monoisotopic (exact) mass is 217 g/mol. The van der Waals surface area contributed by atoms with Gasteiger partial charge in [0.1, 0.15) is 11.4 Å². The van der Waals surface area contributed by atoms with Crippen LogP contribution in [0.25, 0.3) is 5.69 Å². The minimum atomic E-state index is 0.603. The second kappa shape index (κ2) is 4.26. The van der Waals surface area contributed by atoms with Gasteiger partial charge in [-0.1, -0.05) is 6.07 Å². The fourth-order valence-corrected chi connectivity index (χ4v) is 1.56. The maximum atomic E-state index is 6.02. The molecule has 0 spiro atoms. The second-order valence-electron chi connectivity index (χ2n) is 3.52. The maximum Gasteiger partial charge on any atom is 0.144 e. The number of nitrogen functional groups attached to an aromatic ring is 1. The number of hydrogen-bond donors (Lipinski definition) is 1. The van der Waals surface area contributed by atoms with Crippen molar-refractivity contribution in [2.75, 3.05) is 12.3 Å². The van der Waals surface area contributed by atoms with E-state index in [1.807, 2.05) is 44.3 Å². The third kappa shape index (κ3) is 1.86. The summed E-state index contributed by atoms with van der Waals surface area (Å²) in [4.78, 5) is 0. The number of ether oxygens (including phenoxy) is 1. The lowest BCUT2D eigenvalue weighted by Crippen LogP contribution is -2.03. The van der Waals surface area contributed by atoms with Crippen LogP contribution < -0.4 is 10.5 Å². The first-order valence-corrected chi connectivity index (χ1v) is 5.26. The first-order valence-electron chi connectivity index (χ1n) is 5.26. The Morgan fingerprint density at radius 1 is 1.38 bits per heavy atom. The first kappa shape index (κ1) is 10.5. The van der Waals surface area contributed by atoms with Crippen molar-refractivity contribution in [1.82, 2.24) is 9.78 Å². The number of aryl methyl sites for hydroxylation is 1. The minimum absolute atomic E-state index is 0.603. The Kier molecular flexibility index (Phi) is 2.81. The number of para-hydroxylation sites is 1. The standard InChI is InChI=1S/C12H15N3O/c1-3-16-11-6-4-5-10(12(11)13)15-8-7-9(2)14-15/h4-8H,3,13H2,1-2H3. The van der Waals surface area contributed by atoms with E-state index in [4.69, 9.17) is 10.5 Å². The zero-order chi connectivity index (χ0) is 11.5. The highest BCUT2D eigenvalue weighted by Gasteiger charge is 2.07. The van der Waals surface area contributed by atoms with Gasteiger partial charge in [0.2, 0.25) is 0 Å². The molecule has 0 unspecified atom stereocenters. The highest BCUT2D eigenvalue weighted by molar-refractivity contribution is 5.66. The molecule has 0 amide bonds. The van der Waals surface area contributed by atoms with Gasteiger partial charge in [0.25, 0.3) is 0 Å². The van der Waals surface area contributed by atoms with E-state index < -0.39 is 0 Å². The molecular weight excluding hydrogens is 202 g/mol. The summed E-state index contributed by atoms with van der Waals surface area (Å²) < 4.78 is 7.20. The summed E-state index contributed by atoms with van der Waals surface area (Å²) in [5.74, 6) is 0.702. The van der Waals surface area contributed by atoms with E-state index >= 15 is 0 Å². The average molecular weight is 217 g/mol. The average Bonchev–Trinajstić information content (AvgIpc) is 2.68. The topological polar surface area (TPSA) is 53.1 Å². The Hall–Kier alpha value is -1.97. The summed E-state index contributed by atoms with van der Waals surface area (Å²) in [6.45, 7) is 4.48. The normalized spacial score (nSPS) is 10.4. The van der Waals surface area contributed by atoms with E-state index in [-0.39, 0.29) is 0 Å². The summed E-state index contributed by atoms with van der Waals surface area (Å²) in [5.41, 5.74) is 8.45. The van der Waals surface area contributed by atoms with Gasteiger partial charge in [0.05, 0.1) is 18.0 Å². The number of anilines is 1. The van der Waals surface area contributed by atoms with Gasteiger partial charge in [-0.25, -0.2) is 4.68 Å². The lowest BCUT2D eigenvalue weighted by Gasteiger charge is -2.10. The third-order valence-corrected chi connectivity index (χ3v) is 2.31. The van der Waals surface area contributed by atoms with Gasteiger partial charge in [0.15, 0.2) is 0 Å². The Morgan fingerprint density at radius 2 is 2.19 bits per heavy atom. The number of nitrogens with two attached hydrogens (primary N) is 1. The molecule has 1 aromatic carbocycles. The van der Waals surface area contributed by atoms with Crippen LogP contribution in [-0.4, -0.2) is 16.4 Å². The molecule has 0 aliphatic rings. The van der Waals surface area contributed by atoms with E-state index in [0.29, 0.717) is 18.0 Å². The van der Waals surface area contributed by atoms with E-state index in [1.54, 1.807) is 4.68 Å². The van der Waals surface area contributed by atoms with Crippen molar-refractivity contribution in [3.8, 4) is 11.4 Å². The predicted molar refractivity (Wildman–Crippen MR) is 63.9 cm³/mol. The van der Waals surface area contributed by atoms with Crippen molar-refractivity contribution in [1.29, 1.82) is 0 Å². The summed E-state index contributed by atoms with van der Waals surface area (Å²) >= 11 is 0. The van der Waals surface area contributed by atoms with Gasteiger partial charge in [0, 0.05) is 6.20 Å². The zero-order valence-corrected chi connectivity index (χ0v) is 9.47. The van der Waals surface area contributed by atoms with Crippen molar-refractivity contribution in [3.05, 3.63) is 36.2 Å². The largest absolute Gasteiger partial charge is 0.492 e. The zero-order valence-electron chi connectivity index (χ0n) is 9.47. The van der Waals surface area contributed by atoms with Gasteiger partial charge in [-0.3, -0.25) is 0 Å². The van der Waals surface area contributed by atoms with Crippen molar-refractivity contribution in [2.24, 2.45) is 0 Å². The van der Waals surface area contributed by atoms with Gasteiger partial charge in [-0.2, -0.15) is 5.10 Å². The van der Waals surface area contributed by atoms with Crippen LogP contribution in [0.5, 0.6) is 5.75 Å². The van der Waals surface area contributed by atoms with Gasteiger partial charge in [-0.15, -0.1) is 0 Å². The van der Waals surface area contributed by atoms with Crippen molar-refractivity contribution in [3.63, 3.8) is 0 Å². The fraction of sp³-hybridized carbons (Fsp3) is 0.250. The summed E-state index contributed by atoms with van der Waals surface area (Å²) in [6, 6.07) is 7.63. The van der Waals surface area contributed by atoms with Crippen LogP contribution in [0.3, 0.4) is 0 Å². The van der Waals surface area contributed by atoms with Gasteiger partial charge in [-0.05, 0) is 32.0 Å². The minimum Gasteiger partial charge on any atom is -0.492 e. The van der Waals surface area contributed by atoms with Crippen molar-refractivity contribution in [2.45, 2.75) is 13.8 Å². The number of benzene rings is 1. The Labute approximate surface area is 94.6 Å². The molecule has 0 saturated carbocycles. The lowest BCUT2D eigenvalue weighted by atomic mass is 10.2. The van der Waals surface area contributed by atoms with E-state index in [1.165, 1.54) is 0 Å². The molecule has 0 aliphatic carbocycles. The predicted octanol–water partition coefficient (Wildman–Crippen LogP) is 2.16. The molecule has 4 heteroatoms. The molecule has 2 aromatic rings. The van der Waals surface area contributed by atoms with Crippen molar-refractivity contribution >= 4 is 5.69 Å². The van der Waals surface area contributed by atoms with Gasteiger partial charge < -0.3 is 10.5 Å². The van der Waals surface area contributed by atoms with Crippen LogP contribution in [0, 0.1) is 6.92 Å². The smallest absolute Gasteiger partial charge is 0.144 e. The second-order valence-corrected chi connectivity index (χ2v) is 3.52. The van der Waals surface area contributed by atoms with Gasteiger partial charge >= 0.3 is 0 Å². The quantitative estimate of drug-likeness (QED) is 0.801. The molecule has 0 aliphatic heterocycles. The Morgan fingerprint density at radius 3 is 2.81 bits per heavy atom. The van der Waals surface area contributed by atoms with Crippen LogP contribution in [-0.2, 0) is 0 Å². The third-order valence-electron chi connectivity index (χ3n) is 2.31. The molecular formula is C12H15N3O. The highest BCUT2D eigenvalue weighted by atomic mass is 16.5. The van der Waals surface area contributed by atoms with E-state index in [0.717, 1.165) is 11.4 Å². The van der Waals surface area contributed by atoms with E-state index in [9.17, 15) is 0 Å². The lowest BCUT2D eigenvalue weighted by molar-refractivity contribution is 0.342. The van der Waals surface area contributed by atoms with Crippen molar-refractivity contribution < 1.29 is 4.74 Å². The van der Waals surface area contributed by atoms with Crippen LogP contribution in [0.15, 0.2) is 30.5 Å². The Balaban J connectivity index is 2.45. The molecule has 0 atom stereocenters. The molecule has 0 fully saturated rings. The van der Waals surface area contributed by atoms with Crippen LogP contribution in [0.2, 0.25) is 0 Å². The molecule has 0 radical (unpaired) electrons. The number of aromatic nitrogens is 2. The van der Waals surface area contributed by atoms with Crippen LogP contribution in [0.1, 0.15) is 12.6 Å². The molecule has 16 heavy (non-hydrogen) atoms. The number of rotatable bonds is 3. The maximum absolute atomic E-state index is 6.02. The summed E-state index contributed by atoms with van der Waals surface area (Å²) in [7, 11) is 0. The van der Waals surface area contributed by atoms with E-state index in [2.05, 4.69) is 5.10 Å². The molecule has 2 rings (SSSR count). The number of nitrogens with zero attached hydrogens (tertiary/aromatic N) is 2. The molecule has 0 bridgehead atoms. The molecule has 0 saturated heterocycles. The summed E-state index contributed by atoms with van der Waals surface area (Å²) in [5, 5.41) is 4.32. The molecule has 4 nitrogen and oxygen atoms in total. The fourth-order valence-electron chi connectivity index (χ4n) is 1.56. The number of hydrogen-bond acceptors (Lipinski definition) is 3. The first-order chi connectivity index (χ1) is 7.72. The van der Waals surface area contributed by atoms with Crippen LogP contribution in [0.4, 0.5) is 5.69 Å². The Bertz CT molecular complexity index is 491. The van der Waals surface area contributed by atoms with Crippen LogP contribution >= 0.6 is 0 Å².